The summed E-state index contributed by atoms with van der Waals surface area (Å²) in [6.07, 6.45) is 1.69. The number of aryl methyl sites for hydroxylation is 2. The van der Waals surface area contributed by atoms with Crippen LogP contribution in [0.1, 0.15) is 17.0 Å². The van der Waals surface area contributed by atoms with Crippen LogP contribution >= 0.6 is 0 Å². The molecule has 3 aromatic rings. The van der Waals surface area contributed by atoms with Crippen LogP contribution in [0.15, 0.2) is 22.8 Å². The monoisotopic (exact) mass is 313 g/mol. The second-order valence-electron chi connectivity index (χ2n) is 6.09. The standard InChI is InChI=1S/C17H23N5O/c1-11-12(2)19-16-10-15(14-6-9-23-13(14)3)20-22(16)17(11)18-7-8-21(4)5/h6,9-10,18H,7-8H2,1-5H3. The third kappa shape index (κ3) is 2.94. The number of furan rings is 1. The maximum atomic E-state index is 5.39. The molecule has 0 aliphatic carbocycles. The molecule has 0 saturated heterocycles. The maximum absolute atomic E-state index is 5.39. The number of hydrogen-bond acceptors (Lipinski definition) is 5. The van der Waals surface area contributed by atoms with E-state index < -0.39 is 0 Å². The predicted octanol–water partition coefficient (Wildman–Crippen LogP) is 2.89. The second-order valence-corrected chi connectivity index (χ2v) is 6.09. The van der Waals surface area contributed by atoms with E-state index in [-0.39, 0.29) is 0 Å². The minimum atomic E-state index is 0.844. The zero-order valence-corrected chi connectivity index (χ0v) is 14.3. The number of anilines is 1. The van der Waals surface area contributed by atoms with Gasteiger partial charge in [-0.25, -0.2) is 4.98 Å². The zero-order valence-electron chi connectivity index (χ0n) is 14.3. The van der Waals surface area contributed by atoms with Gasteiger partial charge in [0.15, 0.2) is 5.65 Å². The van der Waals surface area contributed by atoms with Crippen molar-refractivity contribution >= 4 is 11.5 Å². The molecule has 0 spiro atoms. The highest BCUT2D eigenvalue weighted by atomic mass is 16.3. The van der Waals surface area contributed by atoms with Crippen LogP contribution in [0.5, 0.6) is 0 Å². The molecule has 3 heterocycles. The molecular weight excluding hydrogens is 290 g/mol. The number of fused-ring (bicyclic) bond motifs is 1. The first kappa shape index (κ1) is 15.6. The van der Waals surface area contributed by atoms with E-state index >= 15 is 0 Å². The topological polar surface area (TPSA) is 58.6 Å². The summed E-state index contributed by atoms with van der Waals surface area (Å²) in [4.78, 5) is 6.81. The predicted molar refractivity (Wildman–Crippen MR) is 91.9 cm³/mol. The van der Waals surface area contributed by atoms with E-state index in [1.165, 1.54) is 0 Å². The van der Waals surface area contributed by atoms with Gasteiger partial charge in [0.2, 0.25) is 0 Å². The Kier molecular flexibility index (Phi) is 4.09. The smallest absolute Gasteiger partial charge is 0.158 e. The molecule has 23 heavy (non-hydrogen) atoms. The van der Waals surface area contributed by atoms with Crippen molar-refractivity contribution in [1.82, 2.24) is 19.5 Å². The van der Waals surface area contributed by atoms with Gasteiger partial charge in [-0.05, 0) is 40.9 Å². The number of nitrogens with zero attached hydrogens (tertiary/aromatic N) is 4. The van der Waals surface area contributed by atoms with Crippen molar-refractivity contribution in [2.24, 2.45) is 0 Å². The molecule has 6 nitrogen and oxygen atoms in total. The first-order valence-electron chi connectivity index (χ1n) is 7.77. The van der Waals surface area contributed by atoms with Crippen molar-refractivity contribution in [3.8, 4) is 11.3 Å². The molecule has 0 bridgehead atoms. The minimum Gasteiger partial charge on any atom is -0.469 e. The fraction of sp³-hybridized carbons (Fsp3) is 0.412. The first-order chi connectivity index (χ1) is 11.0. The highest BCUT2D eigenvalue weighted by Gasteiger charge is 2.15. The average molecular weight is 313 g/mol. The Bertz CT molecular complexity index is 831. The Morgan fingerprint density at radius 3 is 2.70 bits per heavy atom. The molecule has 0 aromatic carbocycles. The third-order valence-electron chi connectivity index (χ3n) is 4.07. The van der Waals surface area contributed by atoms with Crippen LogP contribution in [0.2, 0.25) is 0 Å². The van der Waals surface area contributed by atoms with Crippen LogP contribution in [-0.4, -0.2) is 46.7 Å². The molecule has 0 aliphatic rings. The van der Waals surface area contributed by atoms with E-state index in [9.17, 15) is 0 Å². The summed E-state index contributed by atoms with van der Waals surface area (Å²) in [7, 11) is 4.13. The van der Waals surface area contributed by atoms with Gasteiger partial charge in [0.05, 0.1) is 12.0 Å². The zero-order chi connectivity index (χ0) is 16.6. The quantitative estimate of drug-likeness (QED) is 0.785. The average Bonchev–Trinajstić information content (AvgIpc) is 3.08. The van der Waals surface area contributed by atoms with Gasteiger partial charge in [0.1, 0.15) is 11.6 Å². The van der Waals surface area contributed by atoms with E-state index in [1.54, 1.807) is 6.26 Å². The van der Waals surface area contributed by atoms with Gasteiger partial charge in [0, 0.05) is 36.0 Å². The third-order valence-corrected chi connectivity index (χ3v) is 4.07. The number of aromatic nitrogens is 3. The first-order valence-corrected chi connectivity index (χ1v) is 7.77. The number of likely N-dealkylation sites (N-methyl/N-ethyl adjacent to an activating group) is 1. The second kappa shape index (κ2) is 6.04. The Balaban J connectivity index is 2.05. The molecule has 122 valence electrons. The minimum absolute atomic E-state index is 0.844. The molecule has 0 unspecified atom stereocenters. The lowest BCUT2D eigenvalue weighted by atomic mass is 10.2. The van der Waals surface area contributed by atoms with Crippen LogP contribution in [0.3, 0.4) is 0 Å². The Morgan fingerprint density at radius 2 is 2.04 bits per heavy atom. The van der Waals surface area contributed by atoms with Crippen LogP contribution < -0.4 is 5.32 Å². The normalized spacial score (nSPS) is 11.6. The van der Waals surface area contributed by atoms with Crippen molar-refractivity contribution in [1.29, 1.82) is 0 Å². The summed E-state index contributed by atoms with van der Waals surface area (Å²) in [5, 5.41) is 8.23. The van der Waals surface area contributed by atoms with E-state index in [2.05, 4.69) is 36.2 Å². The summed E-state index contributed by atoms with van der Waals surface area (Å²) in [5.41, 5.74) is 4.86. The van der Waals surface area contributed by atoms with Crippen LogP contribution in [0.25, 0.3) is 16.9 Å². The summed E-state index contributed by atoms with van der Waals surface area (Å²) in [6, 6.07) is 3.94. The van der Waals surface area contributed by atoms with E-state index in [1.807, 2.05) is 30.5 Å². The summed E-state index contributed by atoms with van der Waals surface area (Å²) >= 11 is 0. The van der Waals surface area contributed by atoms with Gasteiger partial charge in [-0.1, -0.05) is 0 Å². The van der Waals surface area contributed by atoms with Gasteiger partial charge in [0.25, 0.3) is 0 Å². The fourth-order valence-corrected chi connectivity index (χ4v) is 2.59. The molecule has 0 aliphatic heterocycles. The number of nitrogens with one attached hydrogen (secondary N) is 1. The van der Waals surface area contributed by atoms with Crippen molar-refractivity contribution in [3.63, 3.8) is 0 Å². The Labute approximate surface area is 136 Å². The molecule has 0 saturated carbocycles. The number of hydrogen-bond donors (Lipinski definition) is 1. The lowest BCUT2D eigenvalue weighted by Gasteiger charge is -2.15. The molecule has 0 radical (unpaired) electrons. The highest BCUT2D eigenvalue weighted by Crippen LogP contribution is 2.26. The van der Waals surface area contributed by atoms with Crippen molar-refractivity contribution in [2.75, 3.05) is 32.5 Å². The molecule has 0 fully saturated rings. The Hall–Kier alpha value is -2.34. The molecule has 6 heteroatoms. The largest absolute Gasteiger partial charge is 0.469 e. The summed E-state index contributed by atoms with van der Waals surface area (Å²) in [5.74, 6) is 1.87. The van der Waals surface area contributed by atoms with Crippen LogP contribution in [-0.2, 0) is 0 Å². The number of rotatable bonds is 5. The summed E-state index contributed by atoms with van der Waals surface area (Å²) < 4.78 is 7.28. The van der Waals surface area contributed by atoms with Gasteiger partial charge < -0.3 is 14.6 Å². The molecule has 3 aromatic heterocycles. The van der Waals surface area contributed by atoms with E-state index in [0.29, 0.717) is 0 Å². The fourth-order valence-electron chi connectivity index (χ4n) is 2.59. The SMILES string of the molecule is Cc1nc2cc(-c3ccoc3C)nn2c(NCCN(C)C)c1C. The highest BCUT2D eigenvalue weighted by molar-refractivity contribution is 5.67. The maximum Gasteiger partial charge on any atom is 0.158 e. The van der Waals surface area contributed by atoms with Gasteiger partial charge in [-0.3, -0.25) is 0 Å². The molecular formula is C17H23N5O. The Morgan fingerprint density at radius 1 is 1.26 bits per heavy atom. The van der Waals surface area contributed by atoms with Crippen molar-refractivity contribution in [3.05, 3.63) is 35.4 Å². The van der Waals surface area contributed by atoms with Gasteiger partial charge >= 0.3 is 0 Å². The van der Waals surface area contributed by atoms with Crippen LogP contribution in [0.4, 0.5) is 5.82 Å². The van der Waals surface area contributed by atoms with Crippen LogP contribution in [0, 0.1) is 20.8 Å². The molecule has 0 atom stereocenters. The van der Waals surface area contributed by atoms with E-state index in [4.69, 9.17) is 9.52 Å². The molecule has 3 rings (SSSR count). The van der Waals surface area contributed by atoms with Crippen molar-refractivity contribution < 1.29 is 4.42 Å². The summed E-state index contributed by atoms with van der Waals surface area (Å²) in [6.45, 7) is 7.86. The van der Waals surface area contributed by atoms with Gasteiger partial charge in [-0.2, -0.15) is 9.61 Å². The lowest BCUT2D eigenvalue weighted by Crippen LogP contribution is -2.22. The van der Waals surface area contributed by atoms with Gasteiger partial charge in [-0.15, -0.1) is 0 Å². The lowest BCUT2D eigenvalue weighted by molar-refractivity contribution is 0.425. The molecule has 1 N–H and O–H groups in total. The van der Waals surface area contributed by atoms with Crippen molar-refractivity contribution in [2.45, 2.75) is 20.8 Å². The van der Waals surface area contributed by atoms with E-state index in [0.717, 1.165) is 52.8 Å². The molecule has 0 amide bonds.